The van der Waals surface area contributed by atoms with Crippen molar-refractivity contribution < 1.29 is 27.1 Å². The molecule has 0 bridgehead atoms. The van der Waals surface area contributed by atoms with Gasteiger partial charge in [-0.3, -0.25) is 9.69 Å². The minimum atomic E-state index is -5.07. The molecule has 1 N–H and O–H groups in total. The number of alkyl halides is 3. The highest BCUT2D eigenvalue weighted by Gasteiger charge is 2.33. The Balaban J connectivity index is 1.23. The zero-order valence-corrected chi connectivity index (χ0v) is 20.5. The number of aromatic nitrogens is 4. The lowest BCUT2D eigenvalue weighted by atomic mass is 10.1. The number of piperazine rings is 1. The van der Waals surface area contributed by atoms with Crippen LogP contribution in [0.5, 0.6) is 5.75 Å². The molecule has 1 atom stereocenters. The van der Waals surface area contributed by atoms with Gasteiger partial charge in [-0.15, -0.1) is 13.2 Å². The molecule has 1 amide bonds. The Morgan fingerprint density at radius 2 is 1.95 bits per heavy atom. The highest BCUT2D eigenvalue weighted by Crippen LogP contribution is 2.28. The van der Waals surface area contributed by atoms with Gasteiger partial charge in [0.25, 0.3) is 5.91 Å². The molecule has 9 nitrogen and oxygen atoms in total. The molecule has 4 heterocycles. The van der Waals surface area contributed by atoms with E-state index in [1.54, 1.807) is 6.20 Å². The zero-order chi connectivity index (χ0) is 27.6. The lowest BCUT2D eigenvalue weighted by Crippen LogP contribution is -2.49. The largest absolute Gasteiger partial charge is 0.573 e. The highest BCUT2D eigenvalue weighted by atomic mass is 19.4. The van der Waals surface area contributed by atoms with Crippen molar-refractivity contribution in [2.75, 3.05) is 32.7 Å². The molecule has 4 aromatic rings. The van der Waals surface area contributed by atoms with Crippen molar-refractivity contribution in [1.82, 2.24) is 29.3 Å². The first-order chi connectivity index (χ1) is 18.7. The molecule has 5 rings (SSSR count). The van der Waals surface area contributed by atoms with Gasteiger partial charge in [0.15, 0.2) is 11.6 Å². The molecule has 13 heteroatoms. The summed E-state index contributed by atoms with van der Waals surface area (Å²) in [6, 6.07) is 8.63. The topological polar surface area (TPSA) is 103 Å². The Hall–Kier alpha value is -4.44. The Bertz CT molecular complexity index is 1520. The van der Waals surface area contributed by atoms with Gasteiger partial charge in [0, 0.05) is 67.8 Å². The van der Waals surface area contributed by atoms with Crippen LogP contribution < -0.4 is 4.74 Å². The number of benzene rings is 1. The van der Waals surface area contributed by atoms with E-state index in [9.17, 15) is 27.6 Å². The van der Waals surface area contributed by atoms with Crippen molar-refractivity contribution in [2.45, 2.75) is 18.8 Å². The lowest BCUT2D eigenvalue weighted by Gasteiger charge is -2.36. The Morgan fingerprint density at radius 1 is 1.15 bits per heavy atom. The van der Waals surface area contributed by atoms with E-state index < -0.39 is 23.8 Å². The molecule has 1 saturated heterocycles. The van der Waals surface area contributed by atoms with Crippen molar-refractivity contribution in [1.29, 1.82) is 5.26 Å². The molecule has 1 unspecified atom stereocenters. The van der Waals surface area contributed by atoms with Gasteiger partial charge in [0.05, 0.1) is 24.2 Å². The lowest BCUT2D eigenvalue weighted by molar-refractivity contribution is -0.275. The molecule has 3 aromatic heterocycles. The molecule has 1 aliphatic rings. The van der Waals surface area contributed by atoms with E-state index in [0.717, 1.165) is 40.5 Å². The maximum absolute atomic E-state index is 13.7. The summed E-state index contributed by atoms with van der Waals surface area (Å²) in [6.07, 6.45) is 2.35. The van der Waals surface area contributed by atoms with Crippen LogP contribution >= 0.6 is 0 Å². The fraction of sp³-hybridized carbons (Fsp3) is 0.308. The number of nitriles is 1. The number of hydrogen-bond acceptors (Lipinski definition) is 6. The summed E-state index contributed by atoms with van der Waals surface area (Å²) < 4.78 is 57.1. The molecule has 202 valence electrons. The van der Waals surface area contributed by atoms with E-state index in [1.807, 2.05) is 29.1 Å². The Kier molecular flexibility index (Phi) is 7.21. The minimum Gasteiger partial charge on any atom is -0.403 e. The summed E-state index contributed by atoms with van der Waals surface area (Å²) in [7, 11) is 0. The predicted octanol–water partition coefficient (Wildman–Crippen LogP) is 4.38. The van der Waals surface area contributed by atoms with Crippen LogP contribution in [0.25, 0.3) is 22.3 Å². The fourth-order valence-electron chi connectivity index (χ4n) is 4.71. The summed E-state index contributed by atoms with van der Waals surface area (Å²) in [5.74, 6) is -2.76. The van der Waals surface area contributed by atoms with E-state index >= 15 is 0 Å². The van der Waals surface area contributed by atoms with Gasteiger partial charge in [-0.25, -0.2) is 14.4 Å². The van der Waals surface area contributed by atoms with Crippen LogP contribution in [0, 0.1) is 17.1 Å². The summed E-state index contributed by atoms with van der Waals surface area (Å²) in [5.41, 5.74) is 2.33. The second kappa shape index (κ2) is 10.7. The molecule has 1 aliphatic heterocycles. The SMILES string of the molecule is N#CCC(CN1CCN(C(=O)c2ccc(F)c(OC(F)(F)F)c2)CC1)n1ccc(-c2ncnc3[nH]ccc23)c1. The first-order valence-electron chi connectivity index (χ1n) is 12.1. The average Bonchev–Trinajstić information content (AvgIpc) is 3.59. The van der Waals surface area contributed by atoms with Crippen LogP contribution in [-0.2, 0) is 0 Å². The standard InChI is InChI=1S/C26H23F4N7O2/c27-21-2-1-17(13-22(21)39-26(28,29)30)25(38)36-11-9-35(10-12-36)15-19(3-6-31)37-8-5-18(14-37)23-20-4-7-32-24(20)34-16-33-23/h1-2,4-5,7-8,13-14,16,19H,3,9-12,15H2,(H,32,33,34). The molecule has 0 radical (unpaired) electrons. The van der Waals surface area contributed by atoms with Gasteiger partial charge in [-0.05, 0) is 30.3 Å². The third kappa shape index (κ3) is 5.85. The number of hydrogen-bond donors (Lipinski definition) is 1. The monoisotopic (exact) mass is 541 g/mol. The first kappa shape index (κ1) is 26.2. The fourth-order valence-corrected chi connectivity index (χ4v) is 4.71. The van der Waals surface area contributed by atoms with Crippen LogP contribution in [0.1, 0.15) is 22.8 Å². The quantitative estimate of drug-likeness (QED) is 0.349. The maximum Gasteiger partial charge on any atom is 0.573 e. The molecule has 1 aromatic carbocycles. The van der Waals surface area contributed by atoms with Crippen molar-refractivity contribution in [3.05, 3.63) is 66.6 Å². The number of nitrogens with one attached hydrogen (secondary N) is 1. The zero-order valence-electron chi connectivity index (χ0n) is 20.5. The van der Waals surface area contributed by atoms with Gasteiger partial charge in [-0.1, -0.05) is 0 Å². The Morgan fingerprint density at radius 3 is 2.69 bits per heavy atom. The molecule has 39 heavy (non-hydrogen) atoms. The normalized spacial score (nSPS) is 15.3. The summed E-state index contributed by atoms with van der Waals surface area (Å²) in [5, 5.41) is 10.3. The third-order valence-electron chi connectivity index (χ3n) is 6.62. The second-order valence-corrected chi connectivity index (χ2v) is 9.11. The van der Waals surface area contributed by atoms with Crippen LogP contribution in [0.3, 0.4) is 0 Å². The minimum absolute atomic E-state index is 0.0902. The van der Waals surface area contributed by atoms with E-state index in [0.29, 0.717) is 32.7 Å². The highest BCUT2D eigenvalue weighted by molar-refractivity contribution is 5.94. The smallest absolute Gasteiger partial charge is 0.403 e. The molecule has 0 aliphatic carbocycles. The number of aromatic amines is 1. The van der Waals surface area contributed by atoms with Crippen LogP contribution in [0.2, 0.25) is 0 Å². The van der Waals surface area contributed by atoms with E-state index in [4.69, 9.17) is 0 Å². The number of halogens is 4. The molecule has 0 spiro atoms. The van der Waals surface area contributed by atoms with Crippen molar-refractivity contribution in [3.8, 4) is 23.1 Å². The van der Waals surface area contributed by atoms with Gasteiger partial charge in [-0.2, -0.15) is 5.26 Å². The van der Waals surface area contributed by atoms with Crippen LogP contribution in [-0.4, -0.2) is 74.3 Å². The van der Waals surface area contributed by atoms with Gasteiger partial charge < -0.3 is 19.2 Å². The number of carbonyl (C=O) groups excluding carboxylic acids is 1. The van der Waals surface area contributed by atoms with Gasteiger partial charge in [0.1, 0.15) is 12.0 Å². The summed E-state index contributed by atoms with van der Waals surface area (Å²) in [4.78, 5) is 28.2. The van der Waals surface area contributed by atoms with E-state index in [-0.39, 0.29) is 18.0 Å². The Labute approximate surface area is 220 Å². The van der Waals surface area contributed by atoms with Gasteiger partial charge in [0.2, 0.25) is 0 Å². The maximum atomic E-state index is 13.7. The number of ether oxygens (including phenoxy) is 1. The number of nitrogens with zero attached hydrogens (tertiary/aromatic N) is 6. The van der Waals surface area contributed by atoms with Crippen LogP contribution in [0.4, 0.5) is 17.6 Å². The summed E-state index contributed by atoms with van der Waals surface area (Å²) >= 11 is 0. The number of rotatable bonds is 7. The van der Waals surface area contributed by atoms with Crippen molar-refractivity contribution in [3.63, 3.8) is 0 Å². The number of H-pyrrole nitrogens is 1. The van der Waals surface area contributed by atoms with Crippen molar-refractivity contribution >= 4 is 16.9 Å². The van der Waals surface area contributed by atoms with E-state index in [1.165, 1.54) is 11.2 Å². The molecule has 0 saturated carbocycles. The molecular weight excluding hydrogens is 518 g/mol. The average molecular weight is 542 g/mol. The second-order valence-electron chi connectivity index (χ2n) is 9.11. The van der Waals surface area contributed by atoms with Gasteiger partial charge >= 0.3 is 6.36 Å². The van der Waals surface area contributed by atoms with E-state index in [2.05, 4.69) is 30.7 Å². The first-order valence-corrected chi connectivity index (χ1v) is 12.1. The molecule has 1 fully saturated rings. The van der Waals surface area contributed by atoms with Crippen LogP contribution in [0.15, 0.2) is 55.2 Å². The number of fused-ring (bicyclic) bond motifs is 1. The third-order valence-corrected chi connectivity index (χ3v) is 6.62. The number of carbonyl (C=O) groups is 1. The van der Waals surface area contributed by atoms with Crippen molar-refractivity contribution in [2.24, 2.45) is 0 Å². The number of amides is 1. The summed E-state index contributed by atoms with van der Waals surface area (Å²) in [6.45, 7) is 2.23. The predicted molar refractivity (Wildman–Crippen MR) is 132 cm³/mol. The molecular formula is C26H23F4N7O2.